The Morgan fingerprint density at radius 3 is 2.82 bits per heavy atom. The lowest BCUT2D eigenvalue weighted by molar-refractivity contribution is 0.222. The van der Waals surface area contributed by atoms with Crippen molar-refractivity contribution in [1.82, 2.24) is 10.1 Å². The first-order valence-corrected chi connectivity index (χ1v) is 7.96. The minimum atomic E-state index is -0.392. The third-order valence-corrected chi connectivity index (χ3v) is 4.57. The Bertz CT molecular complexity index is 634. The Morgan fingerprint density at radius 1 is 1.36 bits per heavy atom. The fraction of sp³-hybridized carbons (Fsp3) is 0.529. The lowest BCUT2D eigenvalue weighted by Gasteiger charge is -2.34. The predicted octanol–water partition coefficient (Wildman–Crippen LogP) is 3.50. The zero-order valence-electron chi connectivity index (χ0n) is 13.2. The molecule has 0 bridgehead atoms. The van der Waals surface area contributed by atoms with E-state index in [1.165, 1.54) is 5.56 Å². The van der Waals surface area contributed by atoms with Crippen LogP contribution in [0.1, 0.15) is 62.7 Å². The number of nitrogens with zero attached hydrogens (tertiary/aromatic N) is 2. The van der Waals surface area contributed by atoms with Gasteiger partial charge in [0.2, 0.25) is 0 Å². The highest BCUT2D eigenvalue weighted by atomic mass is 16.5. The van der Waals surface area contributed by atoms with Crippen molar-refractivity contribution in [3.05, 3.63) is 41.5 Å². The van der Waals surface area contributed by atoms with Gasteiger partial charge in [0.15, 0.2) is 12.4 Å². The summed E-state index contributed by atoms with van der Waals surface area (Å²) in [5.74, 6) is 2.41. The van der Waals surface area contributed by atoms with Crippen LogP contribution in [0.15, 0.2) is 28.8 Å². The molecule has 1 aliphatic rings. The summed E-state index contributed by atoms with van der Waals surface area (Å²) in [6.45, 7) is 4.64. The van der Waals surface area contributed by atoms with Crippen molar-refractivity contribution in [3.8, 4) is 5.75 Å². The number of hydrogen-bond donors (Lipinski definition) is 1. The SMILES string of the molecule is CCC(C)c1ccccc1OCc1nc(C2(N)CCC2)no1. The molecule has 118 valence electrons. The molecule has 2 N–H and O–H groups in total. The van der Waals surface area contributed by atoms with E-state index in [1.807, 2.05) is 18.2 Å². The van der Waals surface area contributed by atoms with Gasteiger partial charge in [0.05, 0.1) is 5.54 Å². The summed E-state index contributed by atoms with van der Waals surface area (Å²) in [7, 11) is 0. The molecule has 0 saturated heterocycles. The fourth-order valence-electron chi connectivity index (χ4n) is 2.68. The molecule has 5 nitrogen and oxygen atoms in total. The third-order valence-electron chi connectivity index (χ3n) is 4.57. The van der Waals surface area contributed by atoms with Crippen molar-refractivity contribution in [2.75, 3.05) is 0 Å². The van der Waals surface area contributed by atoms with Crippen LogP contribution in [0.25, 0.3) is 0 Å². The van der Waals surface area contributed by atoms with Gasteiger partial charge >= 0.3 is 0 Å². The number of aromatic nitrogens is 2. The summed E-state index contributed by atoms with van der Waals surface area (Å²) in [4.78, 5) is 4.39. The lowest BCUT2D eigenvalue weighted by Crippen LogP contribution is -2.44. The van der Waals surface area contributed by atoms with Gasteiger partial charge < -0.3 is 15.0 Å². The first-order chi connectivity index (χ1) is 10.6. The number of para-hydroxylation sites is 1. The van der Waals surface area contributed by atoms with Crippen LogP contribution in [0.2, 0.25) is 0 Å². The molecule has 1 fully saturated rings. The Balaban J connectivity index is 1.68. The Hall–Kier alpha value is -1.88. The smallest absolute Gasteiger partial charge is 0.264 e. The van der Waals surface area contributed by atoms with E-state index < -0.39 is 5.54 Å². The van der Waals surface area contributed by atoms with Crippen LogP contribution in [0.4, 0.5) is 0 Å². The number of ether oxygens (including phenoxy) is 1. The topological polar surface area (TPSA) is 74.2 Å². The van der Waals surface area contributed by atoms with Crippen molar-refractivity contribution in [2.24, 2.45) is 5.73 Å². The molecule has 1 aromatic carbocycles. The average Bonchev–Trinajstić information content (AvgIpc) is 2.99. The summed E-state index contributed by atoms with van der Waals surface area (Å²) in [5.41, 5.74) is 7.02. The maximum Gasteiger partial charge on any atom is 0.264 e. The summed E-state index contributed by atoms with van der Waals surface area (Å²) in [5, 5.41) is 4.00. The standard InChI is InChI=1S/C17H23N3O2/c1-3-12(2)13-7-4-5-8-14(13)21-11-15-19-16(20-22-15)17(18)9-6-10-17/h4-5,7-8,12H,3,6,9-11,18H2,1-2H3. The summed E-state index contributed by atoms with van der Waals surface area (Å²) < 4.78 is 11.2. The molecular weight excluding hydrogens is 278 g/mol. The molecule has 1 aliphatic carbocycles. The van der Waals surface area contributed by atoms with Crippen molar-refractivity contribution in [1.29, 1.82) is 0 Å². The molecule has 1 heterocycles. The van der Waals surface area contributed by atoms with Gasteiger partial charge in [-0.1, -0.05) is 37.2 Å². The zero-order chi connectivity index (χ0) is 15.6. The van der Waals surface area contributed by atoms with E-state index in [-0.39, 0.29) is 6.61 Å². The van der Waals surface area contributed by atoms with E-state index >= 15 is 0 Å². The number of benzene rings is 1. The molecule has 0 radical (unpaired) electrons. The van der Waals surface area contributed by atoms with Crippen LogP contribution in [0.3, 0.4) is 0 Å². The van der Waals surface area contributed by atoms with Crippen molar-refractivity contribution >= 4 is 0 Å². The van der Waals surface area contributed by atoms with Crippen LogP contribution in [-0.2, 0) is 12.1 Å². The lowest BCUT2D eigenvalue weighted by atomic mass is 9.77. The molecule has 1 saturated carbocycles. The minimum Gasteiger partial charge on any atom is -0.483 e. The maximum absolute atomic E-state index is 6.20. The highest BCUT2D eigenvalue weighted by Crippen LogP contribution is 2.37. The second-order valence-corrected chi connectivity index (χ2v) is 6.16. The summed E-state index contributed by atoms with van der Waals surface area (Å²) in [6.07, 6.45) is 4.04. The normalized spacial score (nSPS) is 17.8. The Labute approximate surface area is 130 Å². The fourth-order valence-corrected chi connectivity index (χ4v) is 2.68. The van der Waals surface area contributed by atoms with Gasteiger partial charge in [0.25, 0.3) is 5.89 Å². The molecular formula is C17H23N3O2. The zero-order valence-corrected chi connectivity index (χ0v) is 13.2. The monoisotopic (exact) mass is 301 g/mol. The van der Waals surface area contributed by atoms with Crippen LogP contribution in [0, 0.1) is 0 Å². The van der Waals surface area contributed by atoms with Crippen molar-refractivity contribution in [2.45, 2.75) is 57.6 Å². The first kappa shape index (κ1) is 15.0. The van der Waals surface area contributed by atoms with E-state index in [1.54, 1.807) is 0 Å². The molecule has 0 spiro atoms. The minimum absolute atomic E-state index is 0.274. The predicted molar refractivity (Wildman–Crippen MR) is 83.5 cm³/mol. The molecule has 5 heteroatoms. The van der Waals surface area contributed by atoms with Gasteiger partial charge in [0.1, 0.15) is 5.75 Å². The van der Waals surface area contributed by atoms with E-state index in [0.717, 1.165) is 31.4 Å². The number of nitrogens with two attached hydrogens (primary N) is 1. The second-order valence-electron chi connectivity index (χ2n) is 6.16. The van der Waals surface area contributed by atoms with Gasteiger partial charge in [-0.15, -0.1) is 0 Å². The maximum atomic E-state index is 6.20. The van der Waals surface area contributed by atoms with Gasteiger partial charge in [-0.05, 0) is 43.2 Å². The number of hydrogen-bond acceptors (Lipinski definition) is 5. The van der Waals surface area contributed by atoms with Gasteiger partial charge in [-0.2, -0.15) is 4.98 Å². The molecule has 1 aromatic heterocycles. The molecule has 0 amide bonds. The molecule has 22 heavy (non-hydrogen) atoms. The first-order valence-electron chi connectivity index (χ1n) is 7.96. The van der Waals surface area contributed by atoms with Gasteiger partial charge in [-0.3, -0.25) is 0 Å². The van der Waals surface area contributed by atoms with Crippen molar-refractivity contribution in [3.63, 3.8) is 0 Å². The summed E-state index contributed by atoms with van der Waals surface area (Å²) in [6, 6.07) is 8.10. The average molecular weight is 301 g/mol. The van der Waals surface area contributed by atoms with E-state index in [2.05, 4.69) is 30.1 Å². The van der Waals surface area contributed by atoms with Crippen LogP contribution < -0.4 is 10.5 Å². The van der Waals surface area contributed by atoms with Gasteiger partial charge in [-0.25, -0.2) is 0 Å². The van der Waals surface area contributed by atoms with E-state index in [4.69, 9.17) is 15.0 Å². The Morgan fingerprint density at radius 2 is 2.14 bits per heavy atom. The largest absolute Gasteiger partial charge is 0.483 e. The van der Waals surface area contributed by atoms with Gasteiger partial charge in [0, 0.05) is 0 Å². The molecule has 0 aliphatic heterocycles. The molecule has 1 unspecified atom stereocenters. The highest BCUT2D eigenvalue weighted by molar-refractivity contribution is 5.35. The number of rotatable bonds is 6. The Kier molecular flexibility index (Phi) is 4.16. The van der Waals surface area contributed by atoms with E-state index in [9.17, 15) is 0 Å². The highest BCUT2D eigenvalue weighted by Gasteiger charge is 2.39. The van der Waals surface area contributed by atoms with Crippen molar-refractivity contribution < 1.29 is 9.26 Å². The summed E-state index contributed by atoms with van der Waals surface area (Å²) >= 11 is 0. The second kappa shape index (κ2) is 6.08. The molecule has 1 atom stereocenters. The quantitative estimate of drug-likeness (QED) is 0.884. The third kappa shape index (κ3) is 2.86. The van der Waals surface area contributed by atoms with E-state index in [0.29, 0.717) is 17.6 Å². The molecule has 2 aromatic rings. The van der Waals surface area contributed by atoms with Crippen LogP contribution >= 0.6 is 0 Å². The van der Waals surface area contributed by atoms with Crippen LogP contribution in [-0.4, -0.2) is 10.1 Å². The molecule has 3 rings (SSSR count). The van der Waals surface area contributed by atoms with Crippen LogP contribution in [0.5, 0.6) is 5.75 Å².